The molecule has 6 heteroatoms. The van der Waals surface area contributed by atoms with E-state index in [0.29, 0.717) is 5.71 Å². The van der Waals surface area contributed by atoms with Crippen LogP contribution in [0, 0.1) is 30.5 Å². The fraction of sp³-hybridized carbons (Fsp3) is 0.185. The zero-order valence-corrected chi connectivity index (χ0v) is 36.9. The van der Waals surface area contributed by atoms with Gasteiger partial charge in [-0.2, -0.15) is 0 Å². The van der Waals surface area contributed by atoms with E-state index in [2.05, 4.69) is 126 Å². The SMILES string of the molecule is Cc1ccc2c(n1)oc1c(-c3cc(CC(C)(C)C)ccn3)[c-]ccc12.[Ir+3].[c-]1ccccc1-c1ccc(CCc2cccc(CCc3cc[c-]c(-c4ccccn4)c3)c2)cn1. The molecular weight excluding hydrogens is 913 g/mol. The number of benzene rings is 4. The maximum absolute atomic E-state index is 6.08. The molecule has 5 nitrogen and oxygen atoms in total. The summed E-state index contributed by atoms with van der Waals surface area (Å²) in [6, 6.07) is 55.7. The van der Waals surface area contributed by atoms with Gasteiger partial charge in [-0.3, -0.25) is 0 Å². The van der Waals surface area contributed by atoms with Crippen LogP contribution in [0.5, 0.6) is 0 Å². The van der Waals surface area contributed by atoms with Crippen molar-refractivity contribution in [2.75, 3.05) is 0 Å². The number of fused-ring (bicyclic) bond motifs is 3. The molecule has 0 bridgehead atoms. The Morgan fingerprint density at radius 3 is 2.00 bits per heavy atom. The Hall–Kier alpha value is -6.07. The number of aryl methyl sites for hydroxylation is 5. The molecule has 0 aliphatic heterocycles. The van der Waals surface area contributed by atoms with Crippen LogP contribution in [0.4, 0.5) is 0 Å². The summed E-state index contributed by atoms with van der Waals surface area (Å²) in [5.41, 5.74) is 15.0. The Balaban J connectivity index is 0.000000187. The van der Waals surface area contributed by atoms with Crippen molar-refractivity contribution in [3.05, 3.63) is 204 Å². The first-order chi connectivity index (χ1) is 28.7. The summed E-state index contributed by atoms with van der Waals surface area (Å²) in [4.78, 5) is 18.2. The van der Waals surface area contributed by atoms with Gasteiger partial charge < -0.3 is 19.4 Å². The van der Waals surface area contributed by atoms with E-state index in [-0.39, 0.29) is 25.5 Å². The fourth-order valence-corrected chi connectivity index (χ4v) is 7.38. The molecule has 0 saturated carbocycles. The van der Waals surface area contributed by atoms with Gasteiger partial charge in [0.25, 0.3) is 0 Å². The van der Waals surface area contributed by atoms with Crippen LogP contribution >= 0.6 is 0 Å². The smallest absolute Gasteiger partial charge is 0.486 e. The molecule has 0 amide bonds. The van der Waals surface area contributed by atoms with Crippen molar-refractivity contribution in [1.82, 2.24) is 19.9 Å². The van der Waals surface area contributed by atoms with Crippen molar-refractivity contribution < 1.29 is 24.5 Å². The molecule has 9 aromatic rings. The molecule has 0 aliphatic rings. The van der Waals surface area contributed by atoms with Gasteiger partial charge in [0.2, 0.25) is 5.71 Å². The van der Waals surface area contributed by atoms with Crippen LogP contribution in [0.15, 0.2) is 156 Å². The number of aromatic nitrogens is 4. The normalized spacial score (nSPS) is 11.2. The molecule has 0 fully saturated rings. The Bertz CT molecular complexity index is 2790. The summed E-state index contributed by atoms with van der Waals surface area (Å²) in [5.74, 6) is 0. The second kappa shape index (κ2) is 19.3. The second-order valence-electron chi connectivity index (χ2n) is 16.3. The fourth-order valence-electron chi connectivity index (χ4n) is 7.38. The van der Waals surface area contributed by atoms with Crippen LogP contribution in [0.3, 0.4) is 0 Å². The molecule has 0 aliphatic carbocycles. The van der Waals surface area contributed by atoms with Gasteiger partial charge in [0, 0.05) is 29.7 Å². The Labute approximate surface area is 367 Å². The second-order valence-corrected chi connectivity index (χ2v) is 16.3. The molecule has 0 saturated heterocycles. The van der Waals surface area contributed by atoms with Gasteiger partial charge in [-0.05, 0) is 102 Å². The van der Waals surface area contributed by atoms with Crippen molar-refractivity contribution in [2.45, 2.75) is 59.8 Å². The van der Waals surface area contributed by atoms with E-state index in [9.17, 15) is 0 Å². The first-order valence-corrected chi connectivity index (χ1v) is 20.3. The first-order valence-electron chi connectivity index (χ1n) is 20.3. The van der Waals surface area contributed by atoms with Crippen LogP contribution in [-0.4, -0.2) is 19.9 Å². The minimum Gasteiger partial charge on any atom is -0.486 e. The standard InChI is InChI=1S/C32H26N2.C22H21N2O.Ir/c1-2-11-29(12-3-1)32-20-19-28(24-34-32)18-17-26-9-6-8-25(22-26)15-16-27-10-7-13-30(23-27)31-14-4-5-21-33-31;1-14-8-9-17-16-6-5-7-18(20(16)25-21(17)24-14)19-12-15(10-11-23-19)13-22(2,3)4;/h1-11,14,19-24H,15-18H2;5-6,8-12H,13H2,1-4H3;/q-2;-1;+3. The topological polar surface area (TPSA) is 64.7 Å². The summed E-state index contributed by atoms with van der Waals surface area (Å²) in [6.07, 6.45) is 10.7. The van der Waals surface area contributed by atoms with Crippen LogP contribution in [-0.2, 0) is 52.2 Å². The molecule has 0 unspecified atom stereocenters. The number of rotatable bonds is 10. The van der Waals surface area contributed by atoms with E-state index >= 15 is 0 Å². The number of hydrogen-bond donors (Lipinski definition) is 0. The van der Waals surface area contributed by atoms with Crippen molar-refractivity contribution >= 4 is 22.1 Å². The van der Waals surface area contributed by atoms with Gasteiger partial charge in [-0.25, -0.2) is 4.98 Å². The molecule has 5 heterocycles. The van der Waals surface area contributed by atoms with Gasteiger partial charge in [-0.1, -0.05) is 91.9 Å². The third kappa shape index (κ3) is 10.8. The van der Waals surface area contributed by atoms with Crippen LogP contribution < -0.4 is 0 Å². The summed E-state index contributed by atoms with van der Waals surface area (Å²) in [6.45, 7) is 8.70. The molecule has 9 rings (SSSR count). The Morgan fingerprint density at radius 2 is 1.27 bits per heavy atom. The first kappa shape index (κ1) is 42.1. The summed E-state index contributed by atoms with van der Waals surface area (Å²) in [5, 5.41) is 2.08. The molecular formula is C54H47IrN4O. The summed E-state index contributed by atoms with van der Waals surface area (Å²) in [7, 11) is 0. The van der Waals surface area contributed by atoms with E-state index in [1.54, 1.807) is 0 Å². The van der Waals surface area contributed by atoms with E-state index < -0.39 is 0 Å². The molecule has 60 heavy (non-hydrogen) atoms. The zero-order chi connectivity index (χ0) is 40.6. The summed E-state index contributed by atoms with van der Waals surface area (Å²) >= 11 is 0. The van der Waals surface area contributed by atoms with Crippen LogP contribution in [0.2, 0.25) is 0 Å². The predicted molar refractivity (Wildman–Crippen MR) is 240 cm³/mol. The average Bonchev–Trinajstić information content (AvgIpc) is 3.63. The minimum absolute atomic E-state index is 0. The third-order valence-electron chi connectivity index (χ3n) is 10.3. The predicted octanol–water partition coefficient (Wildman–Crippen LogP) is 12.7. The van der Waals surface area contributed by atoms with Crippen molar-refractivity contribution in [2.24, 2.45) is 5.41 Å². The number of pyridine rings is 4. The van der Waals surface area contributed by atoms with Crippen LogP contribution in [0.1, 0.15) is 54.3 Å². The maximum atomic E-state index is 6.08. The Kier molecular flexibility index (Phi) is 13.6. The largest absolute Gasteiger partial charge is 3.00 e. The molecule has 0 spiro atoms. The third-order valence-corrected chi connectivity index (χ3v) is 10.3. The molecule has 0 atom stereocenters. The van der Waals surface area contributed by atoms with Crippen molar-refractivity contribution in [3.8, 4) is 33.8 Å². The van der Waals surface area contributed by atoms with Crippen molar-refractivity contribution in [1.29, 1.82) is 0 Å². The molecule has 0 radical (unpaired) electrons. The van der Waals surface area contributed by atoms with Gasteiger partial charge in [0.05, 0.1) is 5.58 Å². The van der Waals surface area contributed by atoms with E-state index in [0.717, 1.165) is 87.9 Å². The average molecular weight is 960 g/mol. The Morgan fingerprint density at radius 1 is 0.533 bits per heavy atom. The minimum atomic E-state index is 0. The molecule has 4 aromatic carbocycles. The van der Waals surface area contributed by atoms with E-state index in [4.69, 9.17) is 4.42 Å². The number of furan rings is 1. The number of nitrogens with zero attached hydrogens (tertiary/aromatic N) is 4. The number of hydrogen-bond acceptors (Lipinski definition) is 5. The van der Waals surface area contributed by atoms with Crippen molar-refractivity contribution in [3.63, 3.8) is 0 Å². The van der Waals surface area contributed by atoms with Gasteiger partial charge in [-0.15, -0.1) is 89.5 Å². The molecule has 5 aromatic heterocycles. The maximum Gasteiger partial charge on any atom is 3.00 e. The van der Waals surface area contributed by atoms with E-state index in [1.165, 1.54) is 27.8 Å². The van der Waals surface area contributed by atoms with Gasteiger partial charge in [0.1, 0.15) is 0 Å². The molecule has 298 valence electrons. The van der Waals surface area contributed by atoms with Crippen LogP contribution in [0.25, 0.3) is 55.8 Å². The summed E-state index contributed by atoms with van der Waals surface area (Å²) < 4.78 is 6.08. The monoisotopic (exact) mass is 960 g/mol. The zero-order valence-electron chi connectivity index (χ0n) is 34.5. The van der Waals surface area contributed by atoms with Gasteiger partial charge >= 0.3 is 20.1 Å². The van der Waals surface area contributed by atoms with Gasteiger partial charge in [0.15, 0.2) is 0 Å². The molecule has 0 N–H and O–H groups in total. The van der Waals surface area contributed by atoms with E-state index in [1.807, 2.05) is 92.2 Å². The quantitative estimate of drug-likeness (QED) is 0.128.